The third kappa shape index (κ3) is 3.88. The predicted octanol–water partition coefficient (Wildman–Crippen LogP) is 2.77. The van der Waals surface area contributed by atoms with Crippen LogP contribution in [-0.4, -0.2) is 47.6 Å². The molecule has 1 saturated carbocycles. The second-order valence-electron chi connectivity index (χ2n) is 8.11. The molecule has 2 heterocycles. The van der Waals surface area contributed by atoms with E-state index in [2.05, 4.69) is 10.3 Å². The third-order valence-corrected chi connectivity index (χ3v) is 6.25. The van der Waals surface area contributed by atoms with Crippen molar-refractivity contribution in [2.75, 3.05) is 20.2 Å². The monoisotopic (exact) mass is 411 g/mol. The van der Waals surface area contributed by atoms with Crippen molar-refractivity contribution in [3.63, 3.8) is 0 Å². The van der Waals surface area contributed by atoms with Crippen LogP contribution >= 0.6 is 0 Å². The molecule has 1 aliphatic carbocycles. The molecule has 1 N–H and O–H groups in total. The Kier molecular flexibility index (Phi) is 5.45. The number of aromatic nitrogens is 1. The van der Waals surface area contributed by atoms with Gasteiger partial charge in [0.05, 0.1) is 12.5 Å². The summed E-state index contributed by atoms with van der Waals surface area (Å²) in [5.41, 5.74) is -0.613. The molecule has 1 aromatic carbocycles. The summed E-state index contributed by atoms with van der Waals surface area (Å²) in [5.74, 6) is 0.176. The largest absolute Gasteiger partial charge is 0.497 e. The SMILES string of the molecule is COc1ccc(C2(C(=O)N3CCC(F)(C(=O)NCc4ccncc4)CC3)CC2)cc1. The standard InChI is InChI=1S/C23H26FN3O3/c1-30-19-4-2-18(3-5-19)22(8-9-22)21(29)27-14-10-23(24,11-15-27)20(28)26-16-17-6-12-25-13-7-17/h2-7,12-13H,8-11,14-16H2,1H3,(H,26,28). The summed E-state index contributed by atoms with van der Waals surface area (Å²) in [7, 11) is 1.61. The summed E-state index contributed by atoms with van der Waals surface area (Å²) in [6.07, 6.45) is 4.88. The number of benzene rings is 1. The summed E-state index contributed by atoms with van der Waals surface area (Å²) >= 11 is 0. The van der Waals surface area contributed by atoms with Gasteiger partial charge in [0, 0.05) is 44.9 Å². The molecule has 0 unspecified atom stereocenters. The van der Waals surface area contributed by atoms with E-state index in [-0.39, 0.29) is 38.4 Å². The number of methoxy groups -OCH3 is 1. The number of hydrogen-bond acceptors (Lipinski definition) is 4. The van der Waals surface area contributed by atoms with Gasteiger partial charge in [-0.2, -0.15) is 0 Å². The zero-order chi connectivity index (χ0) is 21.2. The fraction of sp³-hybridized carbons (Fsp3) is 0.435. The van der Waals surface area contributed by atoms with E-state index in [9.17, 15) is 9.59 Å². The molecule has 2 amide bonds. The molecule has 2 aliphatic rings. The van der Waals surface area contributed by atoms with Gasteiger partial charge in [0.15, 0.2) is 5.67 Å². The van der Waals surface area contributed by atoms with Gasteiger partial charge in [0.1, 0.15) is 5.75 Å². The minimum atomic E-state index is -1.94. The number of halogens is 1. The van der Waals surface area contributed by atoms with E-state index in [0.717, 1.165) is 29.7 Å². The molecule has 158 valence electrons. The Balaban J connectivity index is 1.35. The molecule has 1 aromatic heterocycles. The number of pyridine rings is 1. The number of nitrogens with zero attached hydrogens (tertiary/aromatic N) is 2. The lowest BCUT2D eigenvalue weighted by Crippen LogP contribution is -2.53. The molecule has 1 saturated heterocycles. The highest BCUT2D eigenvalue weighted by molar-refractivity contribution is 5.92. The Morgan fingerprint density at radius 1 is 1.07 bits per heavy atom. The summed E-state index contributed by atoms with van der Waals surface area (Å²) in [5, 5.41) is 2.68. The quantitative estimate of drug-likeness (QED) is 0.794. The lowest BCUT2D eigenvalue weighted by Gasteiger charge is -2.37. The maximum Gasteiger partial charge on any atom is 0.258 e. The number of hydrogen-bond donors (Lipinski definition) is 1. The predicted molar refractivity (Wildman–Crippen MR) is 110 cm³/mol. The molecule has 0 bridgehead atoms. The fourth-order valence-electron chi connectivity index (χ4n) is 4.10. The number of nitrogens with one attached hydrogen (secondary N) is 1. The van der Waals surface area contributed by atoms with Gasteiger partial charge < -0.3 is 15.0 Å². The number of piperidine rings is 1. The Morgan fingerprint density at radius 2 is 1.70 bits per heavy atom. The van der Waals surface area contributed by atoms with E-state index < -0.39 is 17.0 Å². The number of carbonyl (C=O) groups excluding carboxylic acids is 2. The van der Waals surface area contributed by atoms with Crippen molar-refractivity contribution in [2.45, 2.75) is 43.3 Å². The van der Waals surface area contributed by atoms with E-state index in [4.69, 9.17) is 4.74 Å². The van der Waals surface area contributed by atoms with E-state index in [1.165, 1.54) is 0 Å². The van der Waals surface area contributed by atoms with Crippen molar-refractivity contribution in [1.29, 1.82) is 0 Å². The van der Waals surface area contributed by atoms with Crippen LogP contribution < -0.4 is 10.1 Å². The molecule has 6 nitrogen and oxygen atoms in total. The van der Waals surface area contributed by atoms with Crippen molar-refractivity contribution < 1.29 is 18.7 Å². The van der Waals surface area contributed by atoms with Gasteiger partial charge in [0.25, 0.3) is 5.91 Å². The van der Waals surface area contributed by atoms with Gasteiger partial charge in [-0.1, -0.05) is 12.1 Å². The van der Waals surface area contributed by atoms with Gasteiger partial charge in [-0.25, -0.2) is 4.39 Å². The van der Waals surface area contributed by atoms with Crippen LogP contribution in [0.25, 0.3) is 0 Å². The van der Waals surface area contributed by atoms with Gasteiger partial charge in [-0.15, -0.1) is 0 Å². The first-order valence-electron chi connectivity index (χ1n) is 10.3. The first kappa shape index (κ1) is 20.3. The minimum Gasteiger partial charge on any atom is -0.497 e. The maximum atomic E-state index is 15.2. The van der Waals surface area contributed by atoms with Crippen molar-refractivity contribution in [2.24, 2.45) is 0 Å². The van der Waals surface area contributed by atoms with Gasteiger partial charge in [0.2, 0.25) is 5.91 Å². The Bertz CT molecular complexity index is 905. The number of amides is 2. The van der Waals surface area contributed by atoms with E-state index >= 15 is 4.39 Å². The van der Waals surface area contributed by atoms with E-state index in [1.807, 2.05) is 24.3 Å². The zero-order valence-corrected chi connectivity index (χ0v) is 17.1. The Hall–Kier alpha value is -2.96. The van der Waals surface area contributed by atoms with Gasteiger partial charge in [-0.05, 0) is 48.2 Å². The second-order valence-corrected chi connectivity index (χ2v) is 8.11. The van der Waals surface area contributed by atoms with Crippen LogP contribution in [0.4, 0.5) is 4.39 Å². The first-order chi connectivity index (χ1) is 14.5. The van der Waals surface area contributed by atoms with E-state index in [0.29, 0.717) is 0 Å². The highest BCUT2D eigenvalue weighted by atomic mass is 19.1. The molecular formula is C23H26FN3O3. The lowest BCUT2D eigenvalue weighted by molar-refractivity contribution is -0.143. The summed E-state index contributed by atoms with van der Waals surface area (Å²) in [4.78, 5) is 31.3. The van der Waals surface area contributed by atoms with Crippen molar-refractivity contribution >= 4 is 11.8 Å². The van der Waals surface area contributed by atoms with Crippen molar-refractivity contribution in [3.05, 3.63) is 59.9 Å². The number of carbonyl (C=O) groups is 2. The van der Waals surface area contributed by atoms with Gasteiger partial charge in [-0.3, -0.25) is 14.6 Å². The molecule has 0 atom stereocenters. The van der Waals surface area contributed by atoms with Crippen LogP contribution in [0.5, 0.6) is 5.75 Å². The average Bonchev–Trinajstić information content (AvgIpc) is 3.60. The summed E-state index contributed by atoms with van der Waals surface area (Å²) in [6.45, 7) is 0.752. The van der Waals surface area contributed by atoms with Crippen LogP contribution in [0.15, 0.2) is 48.8 Å². The van der Waals surface area contributed by atoms with Crippen LogP contribution in [0.1, 0.15) is 36.8 Å². The molecule has 4 rings (SSSR count). The molecule has 0 spiro atoms. The number of alkyl halides is 1. The Labute approximate surface area is 175 Å². The fourth-order valence-corrected chi connectivity index (χ4v) is 4.10. The topological polar surface area (TPSA) is 71.5 Å². The Morgan fingerprint density at radius 3 is 2.27 bits per heavy atom. The van der Waals surface area contributed by atoms with Crippen LogP contribution in [-0.2, 0) is 21.5 Å². The zero-order valence-electron chi connectivity index (χ0n) is 17.1. The third-order valence-electron chi connectivity index (χ3n) is 6.25. The molecule has 2 fully saturated rings. The molecule has 30 heavy (non-hydrogen) atoms. The van der Waals surface area contributed by atoms with Gasteiger partial charge >= 0.3 is 0 Å². The highest BCUT2D eigenvalue weighted by Gasteiger charge is 2.54. The molecule has 7 heteroatoms. The highest BCUT2D eigenvalue weighted by Crippen LogP contribution is 2.50. The number of rotatable bonds is 6. The lowest BCUT2D eigenvalue weighted by atomic mass is 9.89. The molecule has 1 aliphatic heterocycles. The molecule has 0 radical (unpaired) electrons. The van der Waals surface area contributed by atoms with Crippen LogP contribution in [0.3, 0.4) is 0 Å². The second kappa shape index (κ2) is 8.05. The van der Waals surface area contributed by atoms with Crippen LogP contribution in [0.2, 0.25) is 0 Å². The molecule has 2 aromatic rings. The number of ether oxygens (including phenoxy) is 1. The summed E-state index contributed by atoms with van der Waals surface area (Å²) in [6, 6.07) is 11.1. The smallest absolute Gasteiger partial charge is 0.258 e. The van der Waals surface area contributed by atoms with Crippen molar-refractivity contribution in [3.8, 4) is 5.75 Å². The summed E-state index contributed by atoms with van der Waals surface area (Å²) < 4.78 is 20.4. The van der Waals surface area contributed by atoms with Crippen LogP contribution in [0, 0.1) is 0 Å². The normalized spacial score (nSPS) is 19.1. The maximum absolute atomic E-state index is 15.2. The minimum absolute atomic E-state index is 0.0135. The average molecular weight is 411 g/mol. The van der Waals surface area contributed by atoms with E-state index in [1.54, 1.807) is 36.5 Å². The first-order valence-corrected chi connectivity index (χ1v) is 10.3. The molecular weight excluding hydrogens is 385 g/mol. The van der Waals surface area contributed by atoms with Crippen molar-refractivity contribution in [1.82, 2.24) is 15.2 Å². The number of likely N-dealkylation sites (tertiary alicyclic amines) is 1.